The van der Waals surface area contributed by atoms with Gasteiger partial charge in [0.2, 0.25) is 7.29 Å². The third-order valence-electron chi connectivity index (χ3n) is 7.41. The van der Waals surface area contributed by atoms with Crippen molar-refractivity contribution in [3.8, 4) is 0 Å². The summed E-state index contributed by atoms with van der Waals surface area (Å²) in [5, 5.41) is 5.03. The minimum atomic E-state index is -3.54. The van der Waals surface area contributed by atoms with Crippen LogP contribution in [0.25, 0.3) is 0 Å². The Morgan fingerprint density at radius 3 is 1.95 bits per heavy atom. The molecular formula is C30H26N3O2PS. The molecule has 4 aromatic carbocycles. The molecule has 1 N–H and O–H groups in total. The minimum absolute atomic E-state index is 0.128. The van der Waals surface area contributed by atoms with Gasteiger partial charge in [0.1, 0.15) is 0 Å². The lowest BCUT2D eigenvalue weighted by Gasteiger charge is -2.38. The van der Waals surface area contributed by atoms with Crippen molar-refractivity contribution in [2.24, 2.45) is 0 Å². The Morgan fingerprint density at radius 2 is 1.35 bits per heavy atom. The van der Waals surface area contributed by atoms with Crippen LogP contribution in [0, 0.1) is 6.92 Å². The maximum Gasteiger partial charge on any atom is 0.259 e. The molecule has 0 unspecified atom stereocenters. The van der Waals surface area contributed by atoms with E-state index in [1.165, 1.54) is 0 Å². The summed E-state index contributed by atoms with van der Waals surface area (Å²) in [6.07, 6.45) is 0. The van der Waals surface area contributed by atoms with Gasteiger partial charge in [-0.05, 0) is 55.0 Å². The standard InChI is InChI=1S/C30H26N3O2PS/c1-21-17-19-22(20-18-21)27-30(25-15-9-10-16-26(25)32(2)28(30)34)31-29(37)33(27)36(35,23-11-5-3-6-12-23)24-13-7-4-8-14-24/h3-20,27H,1-2H3,(H,31,37)/t27-,30+/m1/s1. The van der Waals surface area contributed by atoms with E-state index in [0.29, 0.717) is 15.7 Å². The fourth-order valence-electron chi connectivity index (χ4n) is 5.66. The maximum absolute atomic E-state index is 15.6. The molecule has 5 nitrogen and oxygen atoms in total. The molecule has 0 radical (unpaired) electrons. The summed E-state index contributed by atoms with van der Waals surface area (Å²) >= 11 is 5.99. The van der Waals surface area contributed by atoms with Gasteiger partial charge >= 0.3 is 0 Å². The highest BCUT2D eigenvalue weighted by molar-refractivity contribution is 7.83. The molecular weight excluding hydrogens is 497 g/mol. The van der Waals surface area contributed by atoms with Crippen molar-refractivity contribution in [3.05, 3.63) is 126 Å². The summed E-state index contributed by atoms with van der Waals surface area (Å²) in [4.78, 5) is 15.9. The summed E-state index contributed by atoms with van der Waals surface area (Å²) in [5.74, 6) is -0.128. The number of para-hydroxylation sites is 1. The van der Waals surface area contributed by atoms with Gasteiger partial charge in [-0.25, -0.2) is 0 Å². The summed E-state index contributed by atoms with van der Waals surface area (Å²) in [5.41, 5.74) is 2.38. The number of aryl methyl sites for hydroxylation is 1. The molecule has 1 saturated heterocycles. The van der Waals surface area contributed by atoms with Crippen LogP contribution in [0.4, 0.5) is 5.69 Å². The zero-order chi connectivity index (χ0) is 25.8. The maximum atomic E-state index is 15.6. The van der Waals surface area contributed by atoms with E-state index < -0.39 is 18.9 Å². The molecule has 1 amide bonds. The Hall–Kier alpha value is -3.73. The van der Waals surface area contributed by atoms with Crippen molar-refractivity contribution in [3.63, 3.8) is 0 Å². The Bertz CT molecular complexity index is 1520. The van der Waals surface area contributed by atoms with Crippen molar-refractivity contribution < 1.29 is 9.36 Å². The molecule has 0 aromatic heterocycles. The number of hydrogen-bond donors (Lipinski definition) is 1. The van der Waals surface area contributed by atoms with Gasteiger partial charge in [-0.15, -0.1) is 0 Å². The Morgan fingerprint density at radius 1 is 0.811 bits per heavy atom. The third-order valence-corrected chi connectivity index (χ3v) is 10.9. The molecule has 2 heterocycles. The second-order valence-corrected chi connectivity index (χ2v) is 12.5. The smallest absolute Gasteiger partial charge is 0.259 e. The number of carbonyl (C=O) groups excluding carboxylic acids is 1. The summed E-state index contributed by atoms with van der Waals surface area (Å²) in [6, 6.07) is 34.1. The van der Waals surface area contributed by atoms with Gasteiger partial charge in [0.25, 0.3) is 5.91 Å². The van der Waals surface area contributed by atoms with Gasteiger partial charge in [0.15, 0.2) is 10.7 Å². The number of nitrogens with one attached hydrogen (secondary N) is 1. The SMILES string of the molecule is Cc1ccc([C@H]2N(P(=O)(c3ccccc3)c3ccccc3)C(=S)N[C@]23C(=O)N(C)c2ccccc23)cc1. The fourth-order valence-corrected chi connectivity index (χ4v) is 9.15. The zero-order valence-electron chi connectivity index (χ0n) is 20.5. The summed E-state index contributed by atoms with van der Waals surface area (Å²) < 4.78 is 17.4. The predicted octanol–water partition coefficient (Wildman–Crippen LogP) is 5.03. The lowest BCUT2D eigenvalue weighted by atomic mass is 9.81. The van der Waals surface area contributed by atoms with Gasteiger partial charge in [-0.1, -0.05) is 84.4 Å². The van der Waals surface area contributed by atoms with Gasteiger partial charge < -0.3 is 10.2 Å². The average Bonchev–Trinajstić information content (AvgIpc) is 3.37. The molecule has 0 saturated carbocycles. The van der Waals surface area contributed by atoms with Crippen molar-refractivity contribution in [2.45, 2.75) is 18.5 Å². The van der Waals surface area contributed by atoms with Crippen LogP contribution in [0.2, 0.25) is 0 Å². The van der Waals surface area contributed by atoms with Crippen molar-refractivity contribution >= 4 is 46.8 Å². The lowest BCUT2D eigenvalue weighted by molar-refractivity contribution is -0.124. The number of nitrogens with zero attached hydrogens (tertiary/aromatic N) is 2. The number of rotatable bonds is 4. The third kappa shape index (κ3) is 3.33. The second-order valence-electron chi connectivity index (χ2n) is 9.52. The largest absolute Gasteiger partial charge is 0.342 e. The van der Waals surface area contributed by atoms with E-state index in [4.69, 9.17) is 12.2 Å². The molecule has 6 rings (SSSR count). The number of carbonyl (C=O) groups is 1. The number of anilines is 1. The molecule has 2 atom stereocenters. The van der Waals surface area contributed by atoms with Gasteiger partial charge in [-0.2, -0.15) is 0 Å². The van der Waals surface area contributed by atoms with Crippen LogP contribution in [-0.2, 0) is 14.9 Å². The molecule has 2 aliphatic rings. The molecule has 37 heavy (non-hydrogen) atoms. The number of likely N-dealkylation sites (N-methyl/N-ethyl adjacent to an activating group) is 1. The van der Waals surface area contributed by atoms with E-state index in [1.807, 2.05) is 121 Å². The first-order valence-electron chi connectivity index (χ1n) is 12.2. The highest BCUT2D eigenvalue weighted by Crippen LogP contribution is 2.61. The van der Waals surface area contributed by atoms with E-state index in [9.17, 15) is 4.79 Å². The van der Waals surface area contributed by atoms with E-state index in [1.54, 1.807) is 11.9 Å². The van der Waals surface area contributed by atoms with E-state index in [-0.39, 0.29) is 5.91 Å². The molecule has 1 spiro atoms. The monoisotopic (exact) mass is 523 g/mol. The van der Waals surface area contributed by atoms with Crippen molar-refractivity contribution in [1.82, 2.24) is 9.99 Å². The van der Waals surface area contributed by atoms with Crippen LogP contribution in [0.15, 0.2) is 109 Å². The molecule has 0 aliphatic carbocycles. The molecule has 4 aromatic rings. The minimum Gasteiger partial charge on any atom is -0.342 e. The normalized spacial score (nSPS) is 20.9. The highest BCUT2D eigenvalue weighted by Gasteiger charge is 2.65. The van der Waals surface area contributed by atoms with Gasteiger partial charge in [-0.3, -0.25) is 14.0 Å². The van der Waals surface area contributed by atoms with E-state index in [0.717, 1.165) is 22.4 Å². The number of hydrogen-bond acceptors (Lipinski definition) is 3. The Labute approximate surface area is 222 Å². The first-order chi connectivity index (χ1) is 17.9. The molecule has 184 valence electrons. The van der Waals surface area contributed by atoms with E-state index in [2.05, 4.69) is 5.32 Å². The molecule has 2 aliphatic heterocycles. The molecule has 1 fully saturated rings. The Kier molecular flexibility index (Phi) is 5.55. The fraction of sp³-hybridized carbons (Fsp3) is 0.133. The van der Waals surface area contributed by atoms with E-state index >= 15 is 4.57 Å². The van der Waals surface area contributed by atoms with Crippen LogP contribution >= 0.6 is 19.5 Å². The topological polar surface area (TPSA) is 52.7 Å². The average molecular weight is 524 g/mol. The number of amides is 1. The first-order valence-corrected chi connectivity index (χ1v) is 14.2. The quantitative estimate of drug-likeness (QED) is 0.301. The summed E-state index contributed by atoms with van der Waals surface area (Å²) in [6.45, 7) is 2.03. The summed E-state index contributed by atoms with van der Waals surface area (Å²) in [7, 11) is -1.76. The number of thiocarbonyl (C=S) groups is 1. The Balaban J connectivity index is 1.68. The number of benzene rings is 4. The first kappa shape index (κ1) is 23.7. The molecule has 7 heteroatoms. The molecule has 0 bridgehead atoms. The van der Waals surface area contributed by atoms with Crippen LogP contribution in [-0.4, -0.2) is 22.7 Å². The van der Waals surface area contributed by atoms with Crippen molar-refractivity contribution in [2.75, 3.05) is 11.9 Å². The zero-order valence-corrected chi connectivity index (χ0v) is 22.2. The highest BCUT2D eigenvalue weighted by atomic mass is 32.1. The second kappa shape index (κ2) is 8.69. The van der Waals surface area contributed by atoms with Crippen LogP contribution < -0.4 is 20.8 Å². The number of fused-ring (bicyclic) bond motifs is 2. The van der Waals surface area contributed by atoms with Crippen LogP contribution in [0.1, 0.15) is 22.7 Å². The van der Waals surface area contributed by atoms with Crippen LogP contribution in [0.5, 0.6) is 0 Å². The van der Waals surface area contributed by atoms with Gasteiger partial charge in [0, 0.05) is 28.9 Å². The lowest BCUT2D eigenvalue weighted by Crippen LogP contribution is -2.50. The van der Waals surface area contributed by atoms with Crippen molar-refractivity contribution in [1.29, 1.82) is 0 Å². The van der Waals surface area contributed by atoms with Crippen LogP contribution in [0.3, 0.4) is 0 Å². The predicted molar refractivity (Wildman–Crippen MR) is 153 cm³/mol. The van der Waals surface area contributed by atoms with Gasteiger partial charge in [0.05, 0.1) is 6.04 Å².